The van der Waals surface area contributed by atoms with Gasteiger partial charge in [0.2, 0.25) is 9.70 Å². The zero-order chi connectivity index (χ0) is 7.65. The summed E-state index contributed by atoms with van der Waals surface area (Å²) in [6.07, 6.45) is 0. The smallest absolute Gasteiger partial charge is 0.239 e. The number of alkyl halides is 4. The summed E-state index contributed by atoms with van der Waals surface area (Å²) in [7, 11) is 0. The van der Waals surface area contributed by atoms with Gasteiger partial charge in [-0.05, 0) is 0 Å². The summed E-state index contributed by atoms with van der Waals surface area (Å²) in [4.78, 5) is 10.2. The summed E-state index contributed by atoms with van der Waals surface area (Å²) in [6.45, 7) is 0. The second-order valence-electron chi connectivity index (χ2n) is 1.31. The van der Waals surface area contributed by atoms with Gasteiger partial charge in [-0.15, -0.1) is 11.6 Å². The van der Waals surface area contributed by atoms with Crippen LogP contribution in [0, 0.1) is 0 Å². The van der Waals surface area contributed by atoms with Crippen molar-refractivity contribution in [2.75, 3.05) is 0 Å². The Morgan fingerprint density at radius 2 is 1.78 bits per heavy atom. The van der Waals surface area contributed by atoms with E-state index in [0.29, 0.717) is 0 Å². The van der Waals surface area contributed by atoms with E-state index >= 15 is 0 Å². The van der Waals surface area contributed by atoms with E-state index in [1.807, 2.05) is 0 Å². The van der Waals surface area contributed by atoms with E-state index in [2.05, 4.69) is 0 Å². The van der Waals surface area contributed by atoms with Crippen LogP contribution < -0.4 is 5.73 Å². The van der Waals surface area contributed by atoms with Crippen LogP contribution in [0.5, 0.6) is 0 Å². The topological polar surface area (TPSA) is 43.1 Å². The molecule has 0 saturated heterocycles. The van der Waals surface area contributed by atoms with Crippen molar-refractivity contribution in [3.8, 4) is 0 Å². The molecule has 0 rings (SSSR count). The fourth-order valence-electron chi connectivity index (χ4n) is 0.161. The molecule has 0 radical (unpaired) electrons. The van der Waals surface area contributed by atoms with Gasteiger partial charge in [-0.25, -0.2) is 0 Å². The zero-order valence-corrected chi connectivity index (χ0v) is 7.10. The molecule has 1 amide bonds. The summed E-state index contributed by atoms with van der Waals surface area (Å²) < 4.78 is -1.81. The van der Waals surface area contributed by atoms with Gasteiger partial charge in [0.05, 0.1) is 0 Å². The molecule has 0 heterocycles. The van der Waals surface area contributed by atoms with Crippen molar-refractivity contribution < 1.29 is 4.79 Å². The third-order valence-corrected chi connectivity index (χ3v) is 2.07. The second-order valence-corrected chi connectivity index (χ2v) is 4.11. The van der Waals surface area contributed by atoms with Gasteiger partial charge in [-0.3, -0.25) is 4.79 Å². The molecule has 0 bridgehead atoms. The fraction of sp³-hybridized carbons (Fsp3) is 0.667. The molecular weight excluding hydrogens is 208 g/mol. The molecule has 54 valence electrons. The molecule has 0 aliphatic rings. The van der Waals surface area contributed by atoms with Gasteiger partial charge in [0.15, 0.2) is 5.38 Å². The van der Waals surface area contributed by atoms with Crippen LogP contribution in [0.15, 0.2) is 0 Å². The number of hydrogen-bond acceptors (Lipinski definition) is 1. The SMILES string of the molecule is NC(=O)C(Cl)C(Cl)(Cl)Cl. The number of nitrogens with two attached hydrogens (primary N) is 1. The number of carbonyl (C=O) groups is 1. The highest BCUT2D eigenvalue weighted by Gasteiger charge is 2.35. The molecule has 0 spiro atoms. The maximum Gasteiger partial charge on any atom is 0.239 e. The average molecular weight is 211 g/mol. The Bertz CT molecular complexity index is 119. The highest BCUT2D eigenvalue weighted by molar-refractivity contribution is 6.71. The third kappa shape index (κ3) is 3.36. The lowest BCUT2D eigenvalue weighted by Gasteiger charge is -2.13. The first-order valence-electron chi connectivity index (χ1n) is 1.86. The molecule has 0 aromatic carbocycles. The lowest BCUT2D eigenvalue weighted by molar-refractivity contribution is -0.117. The molecule has 6 heteroatoms. The lowest BCUT2D eigenvalue weighted by atomic mass is 10.4. The first kappa shape index (κ1) is 9.63. The monoisotopic (exact) mass is 209 g/mol. The van der Waals surface area contributed by atoms with E-state index in [1.165, 1.54) is 0 Å². The van der Waals surface area contributed by atoms with Crippen molar-refractivity contribution in [1.82, 2.24) is 0 Å². The van der Waals surface area contributed by atoms with Crippen LogP contribution in [0.3, 0.4) is 0 Å². The number of primary amides is 1. The van der Waals surface area contributed by atoms with Gasteiger partial charge in [-0.2, -0.15) is 0 Å². The lowest BCUT2D eigenvalue weighted by Crippen LogP contribution is -2.34. The molecule has 2 N–H and O–H groups in total. The largest absolute Gasteiger partial charge is 0.368 e. The summed E-state index contributed by atoms with van der Waals surface area (Å²) in [6, 6.07) is 0. The van der Waals surface area contributed by atoms with E-state index in [4.69, 9.17) is 52.1 Å². The molecule has 1 atom stereocenters. The molecular formula is C3H3Cl4NO. The van der Waals surface area contributed by atoms with Crippen molar-refractivity contribution in [3.63, 3.8) is 0 Å². The molecule has 0 aliphatic carbocycles. The van der Waals surface area contributed by atoms with Crippen LogP contribution in [-0.2, 0) is 4.79 Å². The summed E-state index contributed by atoms with van der Waals surface area (Å²) >= 11 is 20.8. The number of amides is 1. The Morgan fingerprint density at radius 1 is 1.44 bits per heavy atom. The quantitative estimate of drug-likeness (QED) is 0.655. The molecule has 0 aliphatic heterocycles. The van der Waals surface area contributed by atoms with Crippen LogP contribution in [0.25, 0.3) is 0 Å². The van der Waals surface area contributed by atoms with E-state index in [-0.39, 0.29) is 0 Å². The standard InChI is InChI=1S/C3H3Cl4NO/c4-1(2(8)9)3(5,6)7/h1H,(H2,8,9). The summed E-state index contributed by atoms with van der Waals surface area (Å²) in [5.41, 5.74) is 4.70. The Labute approximate surface area is 72.2 Å². The van der Waals surface area contributed by atoms with Gasteiger partial charge in [0.1, 0.15) is 0 Å². The molecule has 0 saturated carbocycles. The van der Waals surface area contributed by atoms with Gasteiger partial charge in [0, 0.05) is 0 Å². The molecule has 2 nitrogen and oxygen atoms in total. The molecule has 0 aromatic rings. The van der Waals surface area contributed by atoms with E-state index in [9.17, 15) is 4.79 Å². The van der Waals surface area contributed by atoms with Crippen molar-refractivity contribution in [2.45, 2.75) is 9.17 Å². The van der Waals surface area contributed by atoms with Crippen LogP contribution in [0.2, 0.25) is 0 Å². The molecule has 1 unspecified atom stereocenters. The van der Waals surface area contributed by atoms with Gasteiger partial charge in [-0.1, -0.05) is 34.8 Å². The molecule has 9 heavy (non-hydrogen) atoms. The number of halogens is 4. The van der Waals surface area contributed by atoms with E-state index < -0.39 is 15.1 Å². The van der Waals surface area contributed by atoms with E-state index in [0.717, 1.165) is 0 Å². The minimum atomic E-state index is -1.81. The predicted octanol–water partition coefficient (Wildman–Crippen LogP) is 1.45. The minimum Gasteiger partial charge on any atom is -0.368 e. The second kappa shape index (κ2) is 3.15. The predicted molar refractivity (Wildman–Crippen MR) is 39.1 cm³/mol. The van der Waals surface area contributed by atoms with E-state index in [1.54, 1.807) is 0 Å². The first-order chi connectivity index (χ1) is 3.85. The number of carbonyl (C=O) groups excluding carboxylic acids is 1. The summed E-state index contributed by atoms with van der Waals surface area (Å²) in [5.74, 6) is -0.850. The van der Waals surface area contributed by atoms with Crippen molar-refractivity contribution in [1.29, 1.82) is 0 Å². The maximum absolute atomic E-state index is 10.2. The maximum atomic E-state index is 10.2. The van der Waals surface area contributed by atoms with Gasteiger partial charge < -0.3 is 5.73 Å². The number of rotatable bonds is 1. The third-order valence-electron chi connectivity index (χ3n) is 0.537. The van der Waals surface area contributed by atoms with Crippen LogP contribution in [0.4, 0.5) is 0 Å². The molecule has 0 fully saturated rings. The number of hydrogen-bond donors (Lipinski definition) is 1. The highest BCUT2D eigenvalue weighted by Crippen LogP contribution is 2.33. The minimum absolute atomic E-state index is 0.850. The Hall–Kier alpha value is 0.630. The fourth-order valence-corrected chi connectivity index (χ4v) is 0.484. The van der Waals surface area contributed by atoms with Crippen molar-refractivity contribution in [3.05, 3.63) is 0 Å². The van der Waals surface area contributed by atoms with Crippen LogP contribution in [0.1, 0.15) is 0 Å². The van der Waals surface area contributed by atoms with Crippen molar-refractivity contribution in [2.24, 2.45) is 5.73 Å². The van der Waals surface area contributed by atoms with Gasteiger partial charge in [0.25, 0.3) is 0 Å². The Kier molecular flexibility index (Phi) is 3.37. The highest BCUT2D eigenvalue weighted by atomic mass is 35.6. The average Bonchev–Trinajstić information content (AvgIpc) is 1.62. The van der Waals surface area contributed by atoms with Crippen LogP contribution >= 0.6 is 46.4 Å². The Balaban J connectivity index is 4.04. The molecule has 0 aromatic heterocycles. The first-order valence-corrected chi connectivity index (χ1v) is 3.43. The summed E-state index contributed by atoms with van der Waals surface area (Å²) in [5, 5.41) is -1.28. The zero-order valence-electron chi connectivity index (χ0n) is 4.07. The van der Waals surface area contributed by atoms with Crippen LogP contribution in [-0.4, -0.2) is 15.1 Å². The van der Waals surface area contributed by atoms with Gasteiger partial charge >= 0.3 is 0 Å². The normalized spacial score (nSPS) is 15.1. The Morgan fingerprint density at radius 3 is 1.78 bits per heavy atom. The van der Waals surface area contributed by atoms with Crippen molar-refractivity contribution >= 4 is 52.3 Å².